The number of rotatable bonds is 6. The van der Waals surface area contributed by atoms with Gasteiger partial charge in [0.05, 0.1) is 12.2 Å². The Labute approximate surface area is 161 Å². The molecular weight excluding hydrogens is 338 g/mol. The first-order valence-electron chi connectivity index (χ1n) is 10.5. The van der Waals surface area contributed by atoms with E-state index in [0.717, 1.165) is 18.1 Å². The maximum atomic E-state index is 11.1. The van der Waals surface area contributed by atoms with Crippen LogP contribution in [-0.4, -0.2) is 51.8 Å². The quantitative estimate of drug-likeness (QED) is 0.850. The first kappa shape index (κ1) is 18.4. The molecule has 3 heterocycles. The zero-order chi connectivity index (χ0) is 18.6. The van der Waals surface area contributed by atoms with Gasteiger partial charge in [-0.25, -0.2) is 9.67 Å². The number of aromatic nitrogens is 3. The SMILES string of the molecule is CC(=O)NCCn1nc(C2CCN(CC3CCCCC3)C2)c2cccnc21. The van der Waals surface area contributed by atoms with Gasteiger partial charge in [0.2, 0.25) is 5.91 Å². The minimum atomic E-state index is -0.00575. The number of amides is 1. The maximum Gasteiger partial charge on any atom is 0.216 e. The van der Waals surface area contributed by atoms with Gasteiger partial charge in [0.15, 0.2) is 5.65 Å². The van der Waals surface area contributed by atoms with Gasteiger partial charge in [0, 0.05) is 44.1 Å². The Balaban J connectivity index is 1.46. The topological polar surface area (TPSA) is 63.1 Å². The molecule has 1 saturated heterocycles. The fraction of sp³-hybridized carbons (Fsp3) is 0.667. The highest BCUT2D eigenvalue weighted by Gasteiger charge is 2.29. The van der Waals surface area contributed by atoms with Gasteiger partial charge >= 0.3 is 0 Å². The van der Waals surface area contributed by atoms with Gasteiger partial charge in [-0.15, -0.1) is 0 Å². The van der Waals surface area contributed by atoms with Crippen molar-refractivity contribution in [1.82, 2.24) is 25.0 Å². The molecule has 1 amide bonds. The van der Waals surface area contributed by atoms with Crippen molar-refractivity contribution >= 4 is 16.9 Å². The van der Waals surface area contributed by atoms with E-state index in [1.807, 2.05) is 16.9 Å². The van der Waals surface area contributed by atoms with Crippen LogP contribution in [0.25, 0.3) is 11.0 Å². The Morgan fingerprint density at radius 2 is 2.11 bits per heavy atom. The molecule has 2 aromatic heterocycles. The lowest BCUT2D eigenvalue weighted by atomic mass is 9.89. The average Bonchev–Trinajstić information content (AvgIpc) is 3.27. The summed E-state index contributed by atoms with van der Waals surface area (Å²) >= 11 is 0. The summed E-state index contributed by atoms with van der Waals surface area (Å²) in [6, 6.07) is 4.14. The van der Waals surface area contributed by atoms with Crippen LogP contribution in [-0.2, 0) is 11.3 Å². The number of likely N-dealkylation sites (tertiary alicyclic amines) is 1. The second kappa shape index (κ2) is 8.38. The summed E-state index contributed by atoms with van der Waals surface area (Å²) < 4.78 is 1.96. The molecule has 1 unspecified atom stereocenters. The van der Waals surface area contributed by atoms with E-state index < -0.39 is 0 Å². The Kier molecular flexibility index (Phi) is 5.72. The van der Waals surface area contributed by atoms with E-state index in [-0.39, 0.29) is 5.91 Å². The average molecular weight is 370 g/mol. The number of pyridine rings is 1. The first-order valence-corrected chi connectivity index (χ1v) is 10.5. The minimum Gasteiger partial charge on any atom is -0.354 e. The first-order chi connectivity index (χ1) is 13.2. The number of hydrogen-bond donors (Lipinski definition) is 1. The lowest BCUT2D eigenvalue weighted by Crippen LogP contribution is -2.28. The number of nitrogens with one attached hydrogen (secondary N) is 1. The van der Waals surface area contributed by atoms with E-state index in [1.165, 1.54) is 62.7 Å². The highest BCUT2D eigenvalue weighted by atomic mass is 16.1. The van der Waals surface area contributed by atoms with Crippen LogP contribution < -0.4 is 5.32 Å². The van der Waals surface area contributed by atoms with Crippen molar-refractivity contribution in [3.63, 3.8) is 0 Å². The van der Waals surface area contributed by atoms with Crippen molar-refractivity contribution in [1.29, 1.82) is 0 Å². The molecule has 2 aliphatic rings. The van der Waals surface area contributed by atoms with Crippen LogP contribution in [0.4, 0.5) is 0 Å². The van der Waals surface area contributed by atoms with Gasteiger partial charge < -0.3 is 10.2 Å². The molecule has 1 saturated carbocycles. The van der Waals surface area contributed by atoms with Crippen LogP contribution in [0, 0.1) is 5.92 Å². The van der Waals surface area contributed by atoms with Crippen LogP contribution in [0.15, 0.2) is 18.3 Å². The molecule has 27 heavy (non-hydrogen) atoms. The van der Waals surface area contributed by atoms with Crippen molar-refractivity contribution in [2.24, 2.45) is 5.92 Å². The van der Waals surface area contributed by atoms with Crippen molar-refractivity contribution in [2.45, 2.75) is 57.9 Å². The Morgan fingerprint density at radius 3 is 2.93 bits per heavy atom. The fourth-order valence-electron chi connectivity index (χ4n) is 4.79. The van der Waals surface area contributed by atoms with E-state index in [2.05, 4.69) is 21.3 Å². The molecule has 6 heteroatoms. The zero-order valence-electron chi connectivity index (χ0n) is 16.4. The van der Waals surface area contributed by atoms with E-state index in [9.17, 15) is 4.79 Å². The molecule has 0 aromatic carbocycles. The molecule has 1 atom stereocenters. The lowest BCUT2D eigenvalue weighted by Gasteiger charge is -2.26. The third kappa shape index (κ3) is 4.32. The highest BCUT2D eigenvalue weighted by Crippen LogP contribution is 2.33. The number of nitrogens with zero attached hydrogens (tertiary/aromatic N) is 4. The molecule has 6 nitrogen and oxygen atoms in total. The van der Waals surface area contributed by atoms with Gasteiger partial charge in [-0.05, 0) is 43.9 Å². The molecule has 0 radical (unpaired) electrons. The Hall–Kier alpha value is -1.95. The van der Waals surface area contributed by atoms with Gasteiger partial charge in [-0.1, -0.05) is 19.3 Å². The van der Waals surface area contributed by atoms with Gasteiger partial charge in [-0.2, -0.15) is 5.10 Å². The second-order valence-electron chi connectivity index (χ2n) is 8.22. The van der Waals surface area contributed by atoms with Crippen LogP contribution >= 0.6 is 0 Å². The van der Waals surface area contributed by atoms with Crippen LogP contribution in [0.1, 0.15) is 57.1 Å². The van der Waals surface area contributed by atoms with Gasteiger partial charge in [-0.3, -0.25) is 4.79 Å². The molecule has 0 spiro atoms. The summed E-state index contributed by atoms with van der Waals surface area (Å²) in [5.41, 5.74) is 2.12. The normalized spacial score (nSPS) is 21.7. The van der Waals surface area contributed by atoms with Gasteiger partial charge in [0.25, 0.3) is 0 Å². The standard InChI is InChI=1S/C21H31N5O/c1-16(27)22-11-13-26-21-19(8-5-10-23-21)20(24-26)18-9-12-25(15-18)14-17-6-3-2-4-7-17/h5,8,10,17-18H,2-4,6-7,9,11-15H2,1H3,(H,22,27). The Morgan fingerprint density at radius 1 is 1.26 bits per heavy atom. The van der Waals surface area contributed by atoms with Crippen LogP contribution in [0.2, 0.25) is 0 Å². The maximum absolute atomic E-state index is 11.1. The predicted octanol–water partition coefficient (Wildman–Crippen LogP) is 2.94. The summed E-state index contributed by atoms with van der Waals surface area (Å²) in [6.45, 7) is 6.34. The van der Waals surface area contributed by atoms with Crippen molar-refractivity contribution in [3.05, 3.63) is 24.0 Å². The second-order valence-corrected chi connectivity index (χ2v) is 8.22. The van der Waals surface area contributed by atoms with E-state index in [1.54, 1.807) is 6.92 Å². The van der Waals surface area contributed by atoms with E-state index >= 15 is 0 Å². The lowest BCUT2D eigenvalue weighted by molar-refractivity contribution is -0.118. The fourth-order valence-corrected chi connectivity index (χ4v) is 4.79. The van der Waals surface area contributed by atoms with E-state index in [0.29, 0.717) is 19.0 Å². The number of hydrogen-bond acceptors (Lipinski definition) is 4. The molecule has 1 aliphatic heterocycles. The van der Waals surface area contributed by atoms with Crippen LogP contribution in [0.5, 0.6) is 0 Å². The molecule has 1 aliphatic carbocycles. The summed E-state index contributed by atoms with van der Waals surface area (Å²) in [5.74, 6) is 1.38. The summed E-state index contributed by atoms with van der Waals surface area (Å²) in [4.78, 5) is 18.4. The smallest absolute Gasteiger partial charge is 0.216 e. The highest BCUT2D eigenvalue weighted by molar-refractivity contribution is 5.79. The monoisotopic (exact) mass is 369 g/mol. The number of carbonyl (C=O) groups is 1. The minimum absolute atomic E-state index is 0.00575. The van der Waals surface area contributed by atoms with Crippen molar-refractivity contribution in [2.75, 3.05) is 26.2 Å². The van der Waals surface area contributed by atoms with E-state index in [4.69, 9.17) is 5.10 Å². The molecule has 146 valence electrons. The predicted molar refractivity (Wildman–Crippen MR) is 107 cm³/mol. The summed E-state index contributed by atoms with van der Waals surface area (Å²) in [5, 5.41) is 8.95. The molecule has 2 fully saturated rings. The zero-order valence-corrected chi connectivity index (χ0v) is 16.4. The summed E-state index contributed by atoms with van der Waals surface area (Å²) in [6.07, 6.45) is 10.1. The largest absolute Gasteiger partial charge is 0.354 e. The summed E-state index contributed by atoms with van der Waals surface area (Å²) in [7, 11) is 0. The molecule has 4 rings (SSSR count). The molecule has 2 aromatic rings. The molecular formula is C21H31N5O. The number of carbonyl (C=O) groups excluding carboxylic acids is 1. The molecule has 1 N–H and O–H groups in total. The third-order valence-corrected chi connectivity index (χ3v) is 6.13. The van der Waals surface area contributed by atoms with Gasteiger partial charge in [0.1, 0.15) is 0 Å². The number of fused-ring (bicyclic) bond motifs is 1. The third-order valence-electron chi connectivity index (χ3n) is 6.13. The van der Waals surface area contributed by atoms with Crippen molar-refractivity contribution in [3.8, 4) is 0 Å². The van der Waals surface area contributed by atoms with Crippen LogP contribution in [0.3, 0.4) is 0 Å². The molecule has 0 bridgehead atoms. The Bertz CT molecular complexity index is 780. The van der Waals surface area contributed by atoms with Crippen molar-refractivity contribution < 1.29 is 4.79 Å².